The summed E-state index contributed by atoms with van der Waals surface area (Å²) in [5.41, 5.74) is -0.0242. The van der Waals surface area contributed by atoms with Crippen LogP contribution in [-0.2, 0) is 14.3 Å². The number of esters is 2. The maximum Gasteiger partial charge on any atom is 0.387 e. The molecule has 0 bridgehead atoms. The molecule has 1 aliphatic heterocycles. The summed E-state index contributed by atoms with van der Waals surface area (Å²) >= 11 is 0. The van der Waals surface area contributed by atoms with Crippen molar-refractivity contribution < 1.29 is 33.3 Å². The molecule has 1 N–H and O–H groups in total. The van der Waals surface area contributed by atoms with Gasteiger partial charge in [0, 0.05) is 5.56 Å². The second-order valence-corrected chi connectivity index (χ2v) is 5.45. The Balaban J connectivity index is 2.15. The SMILES string of the molecule is COc1cc(C(=O)C(=O)OC(=O)[C@@H]2CCCCN2)cc(OC)c1OC. The van der Waals surface area contributed by atoms with E-state index < -0.39 is 23.8 Å². The molecule has 2 rings (SSSR count). The fraction of sp³-hybridized carbons (Fsp3) is 0.471. The zero-order valence-corrected chi connectivity index (χ0v) is 14.4. The number of ether oxygens (including phenoxy) is 4. The number of methoxy groups -OCH3 is 3. The second-order valence-electron chi connectivity index (χ2n) is 5.45. The third kappa shape index (κ3) is 4.27. The van der Waals surface area contributed by atoms with Gasteiger partial charge in [-0.05, 0) is 31.5 Å². The zero-order valence-electron chi connectivity index (χ0n) is 14.4. The van der Waals surface area contributed by atoms with Crippen molar-refractivity contribution in [3.8, 4) is 17.2 Å². The second kappa shape index (κ2) is 8.48. The zero-order chi connectivity index (χ0) is 18.4. The highest BCUT2D eigenvalue weighted by Gasteiger charge is 2.29. The summed E-state index contributed by atoms with van der Waals surface area (Å²) in [6.07, 6.45) is 2.40. The first-order valence-electron chi connectivity index (χ1n) is 7.85. The predicted molar refractivity (Wildman–Crippen MR) is 87.2 cm³/mol. The lowest BCUT2D eigenvalue weighted by molar-refractivity contribution is -0.158. The Morgan fingerprint density at radius 1 is 1.00 bits per heavy atom. The van der Waals surface area contributed by atoms with Crippen LogP contribution in [-0.4, -0.2) is 51.6 Å². The van der Waals surface area contributed by atoms with Crippen molar-refractivity contribution in [3.63, 3.8) is 0 Å². The smallest absolute Gasteiger partial charge is 0.387 e. The Kier molecular flexibility index (Phi) is 6.35. The molecule has 136 valence electrons. The van der Waals surface area contributed by atoms with Gasteiger partial charge in [0.2, 0.25) is 5.75 Å². The molecule has 1 heterocycles. The minimum absolute atomic E-state index is 0.0242. The maximum absolute atomic E-state index is 12.3. The quantitative estimate of drug-likeness (QED) is 0.352. The molecule has 25 heavy (non-hydrogen) atoms. The number of piperidine rings is 1. The molecule has 1 atom stereocenters. The topological polar surface area (TPSA) is 100 Å². The predicted octanol–water partition coefficient (Wildman–Crippen LogP) is 1.11. The van der Waals surface area contributed by atoms with Crippen molar-refractivity contribution in [3.05, 3.63) is 17.7 Å². The molecule has 0 spiro atoms. The lowest BCUT2D eigenvalue weighted by atomic mass is 10.1. The molecule has 0 amide bonds. The fourth-order valence-corrected chi connectivity index (χ4v) is 2.59. The van der Waals surface area contributed by atoms with E-state index in [0.29, 0.717) is 13.0 Å². The normalized spacial score (nSPS) is 16.7. The van der Waals surface area contributed by atoms with E-state index in [2.05, 4.69) is 5.32 Å². The Hall–Kier alpha value is -2.61. The number of hydrogen-bond donors (Lipinski definition) is 1. The van der Waals surface area contributed by atoms with E-state index in [4.69, 9.17) is 18.9 Å². The van der Waals surface area contributed by atoms with Crippen LogP contribution in [0.1, 0.15) is 29.6 Å². The molecule has 8 heteroatoms. The molecule has 1 fully saturated rings. The summed E-state index contributed by atoms with van der Waals surface area (Å²) < 4.78 is 20.1. The van der Waals surface area contributed by atoms with Crippen molar-refractivity contribution in [1.82, 2.24) is 5.32 Å². The van der Waals surface area contributed by atoms with Crippen LogP contribution in [0.2, 0.25) is 0 Å². The number of benzene rings is 1. The number of rotatable bonds is 6. The highest BCUT2D eigenvalue weighted by Crippen LogP contribution is 2.38. The Labute approximate surface area is 145 Å². The van der Waals surface area contributed by atoms with Crippen molar-refractivity contribution in [1.29, 1.82) is 0 Å². The van der Waals surface area contributed by atoms with Gasteiger partial charge in [-0.25, -0.2) is 9.59 Å². The van der Waals surface area contributed by atoms with Gasteiger partial charge in [0.25, 0.3) is 5.78 Å². The summed E-state index contributed by atoms with van der Waals surface area (Å²) in [6, 6.07) is 2.09. The van der Waals surface area contributed by atoms with Crippen LogP contribution >= 0.6 is 0 Å². The van der Waals surface area contributed by atoms with Crippen LogP contribution in [0, 0.1) is 0 Å². The Morgan fingerprint density at radius 2 is 1.64 bits per heavy atom. The van der Waals surface area contributed by atoms with Crippen molar-refractivity contribution in [2.24, 2.45) is 0 Å². The standard InChI is InChI=1S/C17H21NO7/c1-22-12-8-10(9-13(23-2)15(12)24-3)14(19)17(21)25-16(20)11-6-4-5-7-18-11/h8-9,11,18H,4-7H2,1-3H3/t11-/m0/s1. The molecule has 1 saturated heterocycles. The van der Waals surface area contributed by atoms with Gasteiger partial charge < -0.3 is 24.3 Å². The Morgan fingerprint density at radius 3 is 2.12 bits per heavy atom. The summed E-state index contributed by atoms with van der Waals surface area (Å²) in [5, 5.41) is 2.96. The van der Waals surface area contributed by atoms with Crippen LogP contribution < -0.4 is 19.5 Å². The third-order valence-electron chi connectivity index (χ3n) is 3.90. The van der Waals surface area contributed by atoms with E-state index in [9.17, 15) is 14.4 Å². The summed E-state index contributed by atoms with van der Waals surface area (Å²) in [6.45, 7) is 0.675. The van der Waals surface area contributed by atoms with Crippen LogP contribution in [0.25, 0.3) is 0 Å². The van der Waals surface area contributed by atoms with Gasteiger partial charge in [0.05, 0.1) is 21.3 Å². The van der Waals surface area contributed by atoms with E-state index in [-0.39, 0.29) is 22.8 Å². The number of ketones is 1. The molecule has 8 nitrogen and oxygen atoms in total. The molecule has 0 aliphatic carbocycles. The summed E-state index contributed by atoms with van der Waals surface area (Å²) in [4.78, 5) is 36.3. The van der Waals surface area contributed by atoms with Gasteiger partial charge in [-0.3, -0.25) is 4.79 Å². The van der Waals surface area contributed by atoms with Crippen molar-refractivity contribution in [2.75, 3.05) is 27.9 Å². The first kappa shape index (κ1) is 18.7. The van der Waals surface area contributed by atoms with Crippen molar-refractivity contribution in [2.45, 2.75) is 25.3 Å². The largest absolute Gasteiger partial charge is 0.493 e. The van der Waals surface area contributed by atoms with Gasteiger partial charge in [-0.2, -0.15) is 0 Å². The lowest BCUT2D eigenvalue weighted by Gasteiger charge is -2.20. The maximum atomic E-state index is 12.3. The number of carbonyl (C=O) groups excluding carboxylic acids is 3. The highest BCUT2D eigenvalue weighted by atomic mass is 16.6. The van der Waals surface area contributed by atoms with Crippen LogP contribution in [0.3, 0.4) is 0 Å². The number of nitrogens with one attached hydrogen (secondary N) is 1. The minimum atomic E-state index is -1.24. The minimum Gasteiger partial charge on any atom is -0.493 e. The van der Waals surface area contributed by atoms with E-state index in [1.54, 1.807) is 0 Å². The molecule has 0 saturated carbocycles. The van der Waals surface area contributed by atoms with Crippen LogP contribution in [0.5, 0.6) is 17.2 Å². The van der Waals surface area contributed by atoms with Crippen molar-refractivity contribution >= 4 is 17.7 Å². The molecule has 0 unspecified atom stereocenters. The monoisotopic (exact) mass is 351 g/mol. The van der Waals surface area contributed by atoms with Gasteiger partial charge in [-0.15, -0.1) is 0 Å². The molecular weight excluding hydrogens is 330 g/mol. The van der Waals surface area contributed by atoms with E-state index in [0.717, 1.165) is 12.8 Å². The van der Waals surface area contributed by atoms with Crippen LogP contribution in [0.15, 0.2) is 12.1 Å². The number of hydrogen-bond acceptors (Lipinski definition) is 8. The Bertz CT molecular complexity index is 640. The fourth-order valence-electron chi connectivity index (χ4n) is 2.59. The van der Waals surface area contributed by atoms with Gasteiger partial charge in [0.1, 0.15) is 6.04 Å². The molecule has 0 aromatic heterocycles. The summed E-state index contributed by atoms with van der Waals surface area (Å²) in [7, 11) is 4.20. The van der Waals surface area contributed by atoms with Crippen LogP contribution in [0.4, 0.5) is 0 Å². The first-order valence-corrected chi connectivity index (χ1v) is 7.85. The van der Waals surface area contributed by atoms with E-state index >= 15 is 0 Å². The molecule has 1 aromatic rings. The molecule has 1 aliphatic rings. The van der Waals surface area contributed by atoms with Gasteiger partial charge in [0.15, 0.2) is 11.5 Å². The van der Waals surface area contributed by atoms with Gasteiger partial charge in [-0.1, -0.05) is 6.42 Å². The summed E-state index contributed by atoms with van der Waals surface area (Å²) in [5.74, 6) is -2.23. The van der Waals surface area contributed by atoms with E-state index in [1.807, 2.05) is 0 Å². The number of Topliss-reactive ketones (excluding diaryl/α,β-unsaturated/α-hetero) is 1. The third-order valence-corrected chi connectivity index (χ3v) is 3.90. The van der Waals surface area contributed by atoms with E-state index in [1.165, 1.54) is 33.5 Å². The lowest BCUT2D eigenvalue weighted by Crippen LogP contribution is -2.42. The highest BCUT2D eigenvalue weighted by molar-refractivity contribution is 6.42. The van der Waals surface area contributed by atoms with Gasteiger partial charge >= 0.3 is 11.9 Å². The first-order chi connectivity index (χ1) is 12.0. The molecule has 0 radical (unpaired) electrons. The number of carbonyl (C=O) groups is 3. The average molecular weight is 351 g/mol. The average Bonchev–Trinajstić information content (AvgIpc) is 2.66. The molecular formula is C17H21NO7. The molecule has 1 aromatic carbocycles.